The topological polar surface area (TPSA) is 41.1 Å². The first kappa shape index (κ1) is 10.6. The molecule has 4 rings (SSSR count). The average Bonchev–Trinajstić information content (AvgIpc) is 2.71. The van der Waals surface area contributed by atoms with Crippen molar-refractivity contribution in [1.82, 2.24) is 0 Å². The number of rotatable bonds is 0. The summed E-state index contributed by atoms with van der Waals surface area (Å²) in [5.41, 5.74) is 4.51. The molecule has 2 aromatic rings. The monoisotopic (exact) mass is 250 g/mol. The first-order chi connectivity index (χ1) is 9.33. The Labute approximate surface area is 111 Å². The molecule has 2 atom stereocenters. The molecule has 0 bridgehead atoms. The number of amides is 1. The molecule has 2 heterocycles. The first-order valence-corrected chi connectivity index (χ1v) is 6.57. The van der Waals surface area contributed by atoms with Crippen LogP contribution in [0.4, 0.5) is 11.4 Å². The minimum absolute atomic E-state index is 0.0958. The highest BCUT2D eigenvalue weighted by molar-refractivity contribution is 5.94. The van der Waals surface area contributed by atoms with Gasteiger partial charge in [-0.3, -0.25) is 4.79 Å². The van der Waals surface area contributed by atoms with Crippen molar-refractivity contribution >= 4 is 17.3 Å². The minimum atomic E-state index is 0.0958. The smallest absolute Gasteiger partial charge is 0.225 e. The van der Waals surface area contributed by atoms with E-state index in [2.05, 4.69) is 28.8 Å². The lowest BCUT2D eigenvalue weighted by Crippen LogP contribution is -2.13. The molecule has 0 aliphatic carbocycles. The van der Waals surface area contributed by atoms with Gasteiger partial charge in [0.15, 0.2) is 0 Å². The van der Waals surface area contributed by atoms with Gasteiger partial charge in [-0.1, -0.05) is 36.4 Å². The van der Waals surface area contributed by atoms with Crippen molar-refractivity contribution in [3.05, 3.63) is 59.7 Å². The maximum absolute atomic E-state index is 12.1. The van der Waals surface area contributed by atoms with Crippen molar-refractivity contribution in [2.24, 2.45) is 0 Å². The number of hydrogen-bond donors (Lipinski definition) is 2. The van der Waals surface area contributed by atoms with Crippen LogP contribution in [0.25, 0.3) is 0 Å². The molecule has 2 aliphatic rings. The predicted octanol–water partition coefficient (Wildman–Crippen LogP) is 3.28. The summed E-state index contributed by atoms with van der Waals surface area (Å²) in [6, 6.07) is 16.5. The Morgan fingerprint density at radius 3 is 2.42 bits per heavy atom. The van der Waals surface area contributed by atoms with Crippen molar-refractivity contribution in [2.75, 3.05) is 10.6 Å². The van der Waals surface area contributed by atoms with Gasteiger partial charge in [0.05, 0.1) is 6.04 Å². The molecule has 0 spiro atoms. The second kappa shape index (κ2) is 3.85. The highest BCUT2D eigenvalue weighted by Crippen LogP contribution is 2.48. The molecule has 2 N–H and O–H groups in total. The van der Waals surface area contributed by atoms with E-state index in [0.29, 0.717) is 6.42 Å². The lowest BCUT2D eigenvalue weighted by atomic mass is 9.88. The molecule has 19 heavy (non-hydrogen) atoms. The van der Waals surface area contributed by atoms with Crippen molar-refractivity contribution in [3.63, 3.8) is 0 Å². The lowest BCUT2D eigenvalue weighted by molar-refractivity contribution is -0.116. The number of benzene rings is 2. The van der Waals surface area contributed by atoms with Crippen LogP contribution in [0.2, 0.25) is 0 Å². The molecular weight excluding hydrogens is 236 g/mol. The Balaban J connectivity index is 1.89. The highest BCUT2D eigenvalue weighted by atomic mass is 16.1. The molecule has 3 heteroatoms. The molecule has 1 amide bonds. The van der Waals surface area contributed by atoms with Gasteiger partial charge in [0.25, 0.3) is 0 Å². The van der Waals surface area contributed by atoms with E-state index < -0.39 is 0 Å². The highest BCUT2D eigenvalue weighted by Gasteiger charge is 2.37. The van der Waals surface area contributed by atoms with E-state index in [9.17, 15) is 4.79 Å². The maximum atomic E-state index is 12.1. The van der Waals surface area contributed by atoms with Gasteiger partial charge in [-0.05, 0) is 23.3 Å². The number of para-hydroxylation sites is 2. The SMILES string of the molecule is O=C1CC2c3ccccc3NC2c2ccccc2N1. The van der Waals surface area contributed by atoms with Gasteiger partial charge in [-0.2, -0.15) is 0 Å². The van der Waals surface area contributed by atoms with E-state index in [0.717, 1.165) is 11.4 Å². The summed E-state index contributed by atoms with van der Waals surface area (Å²) in [5, 5.41) is 6.56. The van der Waals surface area contributed by atoms with E-state index in [1.165, 1.54) is 11.1 Å². The summed E-state index contributed by atoms with van der Waals surface area (Å²) in [4.78, 5) is 12.1. The van der Waals surface area contributed by atoms with Gasteiger partial charge in [0.1, 0.15) is 0 Å². The number of carbonyl (C=O) groups is 1. The van der Waals surface area contributed by atoms with Crippen LogP contribution in [0, 0.1) is 0 Å². The molecule has 0 saturated heterocycles. The average molecular weight is 250 g/mol. The zero-order chi connectivity index (χ0) is 12.8. The normalized spacial score (nSPS) is 23.5. The number of anilines is 2. The predicted molar refractivity (Wildman–Crippen MR) is 75.2 cm³/mol. The summed E-state index contributed by atoms with van der Waals surface area (Å²) in [6.07, 6.45) is 0.531. The van der Waals surface area contributed by atoms with Gasteiger partial charge >= 0.3 is 0 Å². The number of fused-ring (bicyclic) bond motifs is 5. The molecule has 94 valence electrons. The molecule has 2 aromatic carbocycles. The molecule has 0 radical (unpaired) electrons. The molecule has 3 nitrogen and oxygen atoms in total. The van der Waals surface area contributed by atoms with Crippen LogP contribution in [0.5, 0.6) is 0 Å². The fourth-order valence-electron chi connectivity index (χ4n) is 3.20. The van der Waals surface area contributed by atoms with E-state index in [1.54, 1.807) is 0 Å². The minimum Gasteiger partial charge on any atom is -0.377 e. The first-order valence-electron chi connectivity index (χ1n) is 6.57. The van der Waals surface area contributed by atoms with E-state index in [-0.39, 0.29) is 17.9 Å². The number of carbonyl (C=O) groups excluding carboxylic acids is 1. The van der Waals surface area contributed by atoms with Gasteiger partial charge in [-0.15, -0.1) is 0 Å². The standard InChI is InChI=1S/C16H14N2O/c19-15-9-12-10-5-1-3-7-13(10)18-16(12)11-6-2-4-8-14(11)17-15/h1-8,12,16,18H,9H2,(H,17,19). The van der Waals surface area contributed by atoms with Gasteiger partial charge in [0.2, 0.25) is 5.91 Å². The summed E-state index contributed by atoms with van der Waals surface area (Å²) in [7, 11) is 0. The quantitative estimate of drug-likeness (QED) is 0.753. The van der Waals surface area contributed by atoms with Crippen LogP contribution in [-0.2, 0) is 4.79 Å². The van der Waals surface area contributed by atoms with Crippen LogP contribution in [0.3, 0.4) is 0 Å². The largest absolute Gasteiger partial charge is 0.377 e. The maximum Gasteiger partial charge on any atom is 0.225 e. The summed E-state index contributed by atoms with van der Waals surface area (Å²) >= 11 is 0. The van der Waals surface area contributed by atoms with E-state index in [1.807, 2.05) is 30.3 Å². The van der Waals surface area contributed by atoms with Gasteiger partial charge < -0.3 is 10.6 Å². The second-order valence-corrected chi connectivity index (χ2v) is 5.16. The summed E-state index contributed by atoms with van der Waals surface area (Å²) < 4.78 is 0. The third-order valence-corrected chi connectivity index (χ3v) is 4.05. The second-order valence-electron chi connectivity index (χ2n) is 5.16. The molecule has 0 aromatic heterocycles. The zero-order valence-corrected chi connectivity index (χ0v) is 10.4. The third kappa shape index (κ3) is 1.55. The van der Waals surface area contributed by atoms with Crippen LogP contribution in [0.1, 0.15) is 29.5 Å². The van der Waals surface area contributed by atoms with Crippen LogP contribution >= 0.6 is 0 Å². The fourth-order valence-corrected chi connectivity index (χ4v) is 3.20. The Morgan fingerprint density at radius 1 is 0.895 bits per heavy atom. The molecular formula is C16H14N2O. The molecule has 2 unspecified atom stereocenters. The molecule has 2 aliphatic heterocycles. The van der Waals surface area contributed by atoms with Crippen molar-refractivity contribution in [1.29, 1.82) is 0 Å². The Morgan fingerprint density at radius 2 is 1.58 bits per heavy atom. The van der Waals surface area contributed by atoms with Crippen molar-refractivity contribution in [2.45, 2.75) is 18.4 Å². The van der Waals surface area contributed by atoms with Crippen LogP contribution in [-0.4, -0.2) is 5.91 Å². The van der Waals surface area contributed by atoms with Crippen molar-refractivity contribution in [3.8, 4) is 0 Å². The van der Waals surface area contributed by atoms with Gasteiger partial charge in [0, 0.05) is 23.7 Å². The van der Waals surface area contributed by atoms with E-state index >= 15 is 0 Å². The zero-order valence-electron chi connectivity index (χ0n) is 10.4. The molecule has 0 saturated carbocycles. The summed E-state index contributed by atoms with van der Waals surface area (Å²) in [6.45, 7) is 0. The fraction of sp³-hybridized carbons (Fsp3) is 0.188. The molecule has 0 fully saturated rings. The lowest BCUT2D eigenvalue weighted by Gasteiger charge is -2.18. The number of hydrogen-bond acceptors (Lipinski definition) is 2. The Hall–Kier alpha value is -2.29. The van der Waals surface area contributed by atoms with Crippen LogP contribution in [0.15, 0.2) is 48.5 Å². The summed E-state index contributed by atoms with van der Waals surface area (Å²) in [5.74, 6) is 0.318. The van der Waals surface area contributed by atoms with Gasteiger partial charge in [-0.25, -0.2) is 0 Å². The Bertz CT molecular complexity index is 665. The van der Waals surface area contributed by atoms with Crippen LogP contribution < -0.4 is 10.6 Å². The van der Waals surface area contributed by atoms with E-state index in [4.69, 9.17) is 0 Å². The third-order valence-electron chi connectivity index (χ3n) is 4.05. The van der Waals surface area contributed by atoms with Crippen molar-refractivity contribution < 1.29 is 4.79 Å². The Kier molecular flexibility index (Phi) is 2.15. The number of nitrogens with one attached hydrogen (secondary N) is 2.